The molecule has 2 aromatic rings. The van der Waals surface area contributed by atoms with Crippen LogP contribution in [-0.2, 0) is 9.59 Å². The maximum atomic E-state index is 13.2. The summed E-state index contributed by atoms with van der Waals surface area (Å²) in [5.74, 6) is -1.71. The second-order valence-electron chi connectivity index (χ2n) is 6.13. The molecule has 1 aliphatic rings. The Bertz CT molecular complexity index is 733. The van der Waals surface area contributed by atoms with Gasteiger partial charge in [0.25, 0.3) is 0 Å². The number of carboxylic acid groups (broad SMARTS) is 1. The number of likely N-dealkylation sites (tertiary alicyclic amines) is 1. The van der Waals surface area contributed by atoms with Crippen LogP contribution in [0.5, 0.6) is 0 Å². The van der Waals surface area contributed by atoms with Gasteiger partial charge in [-0.2, -0.15) is 0 Å². The molecular weight excluding hydrogens is 343 g/mol. The first-order valence-corrected chi connectivity index (χ1v) is 8.94. The number of benzene rings is 1. The summed E-state index contributed by atoms with van der Waals surface area (Å²) in [6.45, 7) is 1.15. The van der Waals surface area contributed by atoms with Gasteiger partial charge in [-0.05, 0) is 42.1 Å². The molecule has 1 aromatic heterocycles. The predicted octanol–water partition coefficient (Wildman–Crippen LogP) is 2.50. The van der Waals surface area contributed by atoms with E-state index in [-0.39, 0.29) is 24.3 Å². The van der Waals surface area contributed by atoms with Gasteiger partial charge in [0.05, 0.1) is 18.5 Å². The molecule has 3 rings (SSSR count). The van der Waals surface area contributed by atoms with Gasteiger partial charge in [0, 0.05) is 11.4 Å². The summed E-state index contributed by atoms with van der Waals surface area (Å²) < 4.78 is 13.2. The minimum atomic E-state index is -0.814. The van der Waals surface area contributed by atoms with Crippen LogP contribution >= 0.6 is 11.3 Å². The van der Waals surface area contributed by atoms with Crippen molar-refractivity contribution in [2.24, 2.45) is 5.92 Å². The first-order chi connectivity index (χ1) is 12.0. The molecule has 0 saturated carbocycles. The molecule has 2 atom stereocenters. The van der Waals surface area contributed by atoms with Gasteiger partial charge < -0.3 is 10.4 Å². The van der Waals surface area contributed by atoms with E-state index in [0.29, 0.717) is 19.5 Å². The minimum Gasteiger partial charge on any atom is -0.481 e. The third-order valence-corrected chi connectivity index (χ3v) is 5.26. The lowest BCUT2D eigenvalue weighted by atomic mass is 10.1. The number of hydrogen-bond donors (Lipinski definition) is 2. The number of aliphatic carboxylic acids is 1. The quantitative estimate of drug-likeness (QED) is 0.828. The number of nitrogens with one attached hydrogen (secondary N) is 1. The molecule has 1 saturated heterocycles. The normalized spacial score (nSPS) is 18.8. The van der Waals surface area contributed by atoms with E-state index in [9.17, 15) is 14.0 Å². The van der Waals surface area contributed by atoms with Crippen LogP contribution in [0.25, 0.3) is 0 Å². The van der Waals surface area contributed by atoms with Crippen molar-refractivity contribution in [3.05, 3.63) is 58.0 Å². The predicted molar refractivity (Wildman–Crippen MR) is 92.9 cm³/mol. The van der Waals surface area contributed by atoms with Gasteiger partial charge in [0.1, 0.15) is 5.82 Å². The maximum absolute atomic E-state index is 13.2. The molecule has 2 unspecified atom stereocenters. The van der Waals surface area contributed by atoms with Crippen molar-refractivity contribution in [1.29, 1.82) is 0 Å². The zero-order valence-corrected chi connectivity index (χ0v) is 14.3. The first-order valence-electron chi connectivity index (χ1n) is 8.06. The van der Waals surface area contributed by atoms with Gasteiger partial charge in [-0.15, -0.1) is 11.3 Å². The lowest BCUT2D eigenvalue weighted by Gasteiger charge is -2.21. The van der Waals surface area contributed by atoms with E-state index in [4.69, 9.17) is 5.11 Å². The van der Waals surface area contributed by atoms with Crippen molar-refractivity contribution in [2.75, 3.05) is 19.6 Å². The highest BCUT2D eigenvalue weighted by molar-refractivity contribution is 7.10. The molecule has 25 heavy (non-hydrogen) atoms. The second kappa shape index (κ2) is 7.76. The van der Waals surface area contributed by atoms with E-state index in [1.54, 1.807) is 12.1 Å². The molecule has 5 nitrogen and oxygen atoms in total. The molecule has 0 radical (unpaired) electrons. The van der Waals surface area contributed by atoms with E-state index in [0.717, 1.165) is 10.4 Å². The average Bonchev–Trinajstić information content (AvgIpc) is 3.25. The van der Waals surface area contributed by atoms with Gasteiger partial charge in [0.2, 0.25) is 5.91 Å². The smallest absolute Gasteiger partial charge is 0.307 e. The Kier molecular flexibility index (Phi) is 5.45. The highest BCUT2D eigenvalue weighted by atomic mass is 32.1. The fourth-order valence-electron chi connectivity index (χ4n) is 3.02. The molecule has 0 spiro atoms. The fraction of sp³-hybridized carbons (Fsp3) is 0.333. The van der Waals surface area contributed by atoms with E-state index in [1.165, 1.54) is 23.5 Å². The number of carbonyl (C=O) groups is 2. The first kappa shape index (κ1) is 17.6. The number of halogens is 1. The number of amides is 1. The Hall–Kier alpha value is -2.25. The van der Waals surface area contributed by atoms with E-state index in [1.807, 2.05) is 22.4 Å². The molecule has 2 heterocycles. The Morgan fingerprint density at radius 2 is 2.08 bits per heavy atom. The van der Waals surface area contributed by atoms with Gasteiger partial charge >= 0.3 is 5.97 Å². The van der Waals surface area contributed by atoms with Gasteiger partial charge in [-0.3, -0.25) is 14.5 Å². The zero-order chi connectivity index (χ0) is 17.8. The molecular formula is C18H19FN2O3S. The second-order valence-corrected chi connectivity index (χ2v) is 7.11. The number of thiophene rings is 1. The lowest BCUT2D eigenvalue weighted by molar-refractivity contribution is -0.141. The summed E-state index contributed by atoms with van der Waals surface area (Å²) in [7, 11) is 0. The van der Waals surface area contributed by atoms with Crippen LogP contribution in [-0.4, -0.2) is 41.5 Å². The number of rotatable bonds is 6. The van der Waals surface area contributed by atoms with Crippen molar-refractivity contribution in [2.45, 2.75) is 12.5 Å². The molecule has 132 valence electrons. The highest BCUT2D eigenvalue weighted by Crippen LogP contribution is 2.26. The number of hydrogen-bond acceptors (Lipinski definition) is 4. The van der Waals surface area contributed by atoms with Crippen molar-refractivity contribution in [3.63, 3.8) is 0 Å². The van der Waals surface area contributed by atoms with Crippen LogP contribution in [0.3, 0.4) is 0 Å². The Morgan fingerprint density at radius 3 is 2.68 bits per heavy atom. The monoisotopic (exact) mass is 362 g/mol. The van der Waals surface area contributed by atoms with Crippen LogP contribution in [0.15, 0.2) is 41.8 Å². The fourth-order valence-corrected chi connectivity index (χ4v) is 3.82. The van der Waals surface area contributed by atoms with Crippen molar-refractivity contribution in [3.8, 4) is 0 Å². The van der Waals surface area contributed by atoms with E-state index >= 15 is 0 Å². The number of carboxylic acids is 1. The summed E-state index contributed by atoms with van der Waals surface area (Å²) in [6, 6.07) is 9.56. The lowest BCUT2D eigenvalue weighted by Crippen LogP contribution is -2.38. The van der Waals surface area contributed by atoms with Crippen LogP contribution in [0.1, 0.15) is 22.9 Å². The Balaban J connectivity index is 1.67. The van der Waals surface area contributed by atoms with Crippen molar-refractivity contribution in [1.82, 2.24) is 10.2 Å². The van der Waals surface area contributed by atoms with Gasteiger partial charge in [-0.25, -0.2) is 4.39 Å². The molecule has 2 N–H and O–H groups in total. The van der Waals surface area contributed by atoms with Crippen molar-refractivity contribution < 1.29 is 19.1 Å². The molecule has 1 aromatic carbocycles. The van der Waals surface area contributed by atoms with E-state index < -0.39 is 11.9 Å². The molecule has 1 amide bonds. The minimum absolute atomic E-state index is 0.160. The van der Waals surface area contributed by atoms with Crippen LogP contribution < -0.4 is 5.32 Å². The van der Waals surface area contributed by atoms with Gasteiger partial charge in [-0.1, -0.05) is 18.2 Å². The molecule has 1 aliphatic heterocycles. The average molecular weight is 362 g/mol. The summed E-state index contributed by atoms with van der Waals surface area (Å²) in [4.78, 5) is 26.3. The summed E-state index contributed by atoms with van der Waals surface area (Å²) >= 11 is 1.52. The molecule has 7 heteroatoms. The third kappa shape index (κ3) is 4.43. The van der Waals surface area contributed by atoms with Crippen LogP contribution in [0, 0.1) is 11.7 Å². The van der Waals surface area contributed by atoms with E-state index in [2.05, 4.69) is 5.32 Å². The summed E-state index contributed by atoms with van der Waals surface area (Å²) in [5.41, 5.74) is 0.807. The molecule has 0 bridgehead atoms. The maximum Gasteiger partial charge on any atom is 0.307 e. The largest absolute Gasteiger partial charge is 0.481 e. The Morgan fingerprint density at radius 1 is 1.32 bits per heavy atom. The summed E-state index contributed by atoms with van der Waals surface area (Å²) in [6.07, 6.45) is 0.564. The SMILES string of the molecule is O=C(CN1CCC(C(=O)O)C1)NC(c1ccc(F)cc1)c1cccs1. The topological polar surface area (TPSA) is 69.6 Å². The van der Waals surface area contributed by atoms with Crippen LogP contribution in [0.4, 0.5) is 4.39 Å². The summed E-state index contributed by atoms with van der Waals surface area (Å²) in [5, 5.41) is 14.0. The van der Waals surface area contributed by atoms with Crippen molar-refractivity contribution >= 4 is 23.2 Å². The third-order valence-electron chi connectivity index (χ3n) is 4.33. The zero-order valence-electron chi connectivity index (χ0n) is 13.5. The Labute approximate surface area is 149 Å². The van der Waals surface area contributed by atoms with Crippen LogP contribution in [0.2, 0.25) is 0 Å². The standard InChI is InChI=1S/C18H19FN2O3S/c19-14-5-3-12(4-6-14)17(15-2-1-9-25-15)20-16(22)11-21-8-7-13(10-21)18(23)24/h1-6,9,13,17H,7-8,10-11H2,(H,20,22)(H,23,24). The number of carbonyl (C=O) groups excluding carboxylic acids is 1. The van der Waals surface area contributed by atoms with Gasteiger partial charge in [0.15, 0.2) is 0 Å². The number of nitrogens with zero attached hydrogens (tertiary/aromatic N) is 1. The molecule has 1 fully saturated rings. The highest BCUT2D eigenvalue weighted by Gasteiger charge is 2.29. The molecule has 0 aliphatic carbocycles.